The molecule has 11 aromatic rings. The Kier molecular flexibility index (Phi) is 7.83. The number of benzene rings is 10. The van der Waals surface area contributed by atoms with E-state index in [0.717, 1.165) is 45.3 Å². The zero-order valence-electron chi connectivity index (χ0n) is 36.5. The predicted molar refractivity (Wildman–Crippen MR) is 271 cm³/mol. The zero-order chi connectivity index (χ0) is 43.6. The summed E-state index contributed by atoms with van der Waals surface area (Å²) in [5.74, 6) is 0. The Hall–Kier alpha value is -8.20. The van der Waals surface area contributed by atoms with E-state index in [1.807, 2.05) is 6.07 Å². The molecule has 3 aliphatic rings. The van der Waals surface area contributed by atoms with Crippen molar-refractivity contribution in [1.82, 2.24) is 0 Å². The molecule has 1 heterocycles. The zero-order valence-corrected chi connectivity index (χ0v) is 36.5. The van der Waals surface area contributed by atoms with E-state index < -0.39 is 10.8 Å². The molecule has 1 unspecified atom stereocenters. The minimum absolute atomic E-state index is 0.447. The number of nitrogens with one attached hydrogen (secondary N) is 1. The van der Waals surface area contributed by atoms with Crippen LogP contribution in [-0.2, 0) is 17.3 Å². The van der Waals surface area contributed by atoms with Crippen LogP contribution in [0.25, 0.3) is 55.3 Å². The molecule has 310 valence electrons. The van der Waals surface area contributed by atoms with Gasteiger partial charge in [-0.1, -0.05) is 212 Å². The molecule has 0 amide bonds. The first-order chi connectivity index (χ1) is 32.7. The number of rotatable bonds is 6. The minimum atomic E-state index is -0.507. The van der Waals surface area contributed by atoms with Crippen LogP contribution in [0.3, 0.4) is 0 Å². The van der Waals surface area contributed by atoms with Gasteiger partial charge in [0.1, 0.15) is 5.58 Å². The van der Waals surface area contributed by atoms with Crippen molar-refractivity contribution in [3.05, 3.63) is 286 Å². The summed E-state index contributed by atoms with van der Waals surface area (Å²) < 4.78 is 6.61. The number of furan rings is 1. The number of fused-ring (bicyclic) bond motifs is 16. The number of hydrogen-bond acceptors (Lipinski definition) is 2. The second kappa shape index (κ2) is 13.9. The molecule has 14 rings (SSSR count). The Morgan fingerprint density at radius 3 is 1.47 bits per heavy atom. The van der Waals surface area contributed by atoms with Crippen LogP contribution in [0.15, 0.2) is 229 Å². The average molecular weight is 842 g/mol. The topological polar surface area (TPSA) is 25.2 Å². The number of aryl methyl sites for hydroxylation is 1. The lowest BCUT2D eigenvalue weighted by Crippen LogP contribution is -2.28. The Morgan fingerprint density at radius 2 is 0.848 bits per heavy atom. The summed E-state index contributed by atoms with van der Waals surface area (Å²) in [5.41, 5.74) is 25.1. The fourth-order valence-corrected chi connectivity index (χ4v) is 12.7. The smallest absolute Gasteiger partial charge is 0.159 e. The van der Waals surface area contributed by atoms with Crippen LogP contribution in [0.2, 0.25) is 0 Å². The molecule has 0 saturated heterocycles. The summed E-state index contributed by atoms with van der Waals surface area (Å²) >= 11 is 0. The highest BCUT2D eigenvalue weighted by Crippen LogP contribution is 2.65. The van der Waals surface area contributed by atoms with Crippen molar-refractivity contribution in [3.63, 3.8) is 0 Å². The third kappa shape index (κ3) is 4.80. The molecule has 0 saturated carbocycles. The van der Waals surface area contributed by atoms with E-state index in [4.69, 9.17) is 4.42 Å². The lowest BCUT2D eigenvalue weighted by molar-refractivity contribution is 0.670. The van der Waals surface area contributed by atoms with Gasteiger partial charge in [0.25, 0.3) is 0 Å². The van der Waals surface area contributed by atoms with E-state index in [1.165, 1.54) is 89.0 Å². The molecule has 66 heavy (non-hydrogen) atoms. The molecule has 2 heteroatoms. The number of hydrogen-bond donors (Lipinski definition) is 1. The summed E-state index contributed by atoms with van der Waals surface area (Å²) in [6.45, 7) is 2.17. The van der Waals surface area contributed by atoms with Gasteiger partial charge in [0, 0.05) is 22.0 Å². The lowest BCUT2D eigenvalue weighted by Gasteiger charge is -2.34. The highest BCUT2D eigenvalue weighted by Gasteiger charge is 2.53. The highest BCUT2D eigenvalue weighted by molar-refractivity contribution is 6.10. The van der Waals surface area contributed by atoms with Gasteiger partial charge in [0.2, 0.25) is 0 Å². The molecule has 0 radical (unpaired) electrons. The summed E-state index contributed by atoms with van der Waals surface area (Å²) in [6.07, 6.45) is 0.793. The molecule has 1 aromatic heterocycles. The molecule has 10 aromatic carbocycles. The first-order valence-electron chi connectivity index (χ1n) is 23.1. The Bertz CT molecular complexity index is 3740. The van der Waals surface area contributed by atoms with E-state index in [9.17, 15) is 0 Å². The maximum atomic E-state index is 6.61. The summed E-state index contributed by atoms with van der Waals surface area (Å²) in [6, 6.07) is 83.4. The van der Waals surface area contributed by atoms with Crippen LogP contribution in [0.4, 0.5) is 11.4 Å². The van der Waals surface area contributed by atoms with E-state index in [1.54, 1.807) is 0 Å². The van der Waals surface area contributed by atoms with Crippen molar-refractivity contribution >= 4 is 33.3 Å². The van der Waals surface area contributed by atoms with Crippen molar-refractivity contribution in [1.29, 1.82) is 0 Å². The Balaban J connectivity index is 0.968. The third-order valence-electron chi connectivity index (χ3n) is 15.2. The third-order valence-corrected chi connectivity index (χ3v) is 15.2. The van der Waals surface area contributed by atoms with Crippen molar-refractivity contribution in [2.45, 2.75) is 24.2 Å². The van der Waals surface area contributed by atoms with Crippen LogP contribution >= 0.6 is 0 Å². The fraction of sp³-hybridized carbons (Fsp3) is 0.0625. The quantitative estimate of drug-likeness (QED) is 0.180. The lowest BCUT2D eigenvalue weighted by atomic mass is 9.67. The van der Waals surface area contributed by atoms with Crippen molar-refractivity contribution in [2.24, 2.45) is 0 Å². The molecule has 2 nitrogen and oxygen atoms in total. The summed E-state index contributed by atoms with van der Waals surface area (Å²) in [5, 5.41) is 6.23. The maximum Gasteiger partial charge on any atom is 0.159 e. The van der Waals surface area contributed by atoms with Gasteiger partial charge < -0.3 is 9.73 Å². The van der Waals surface area contributed by atoms with Crippen LogP contribution in [0.1, 0.15) is 61.2 Å². The molecular formula is C64H43NO. The van der Waals surface area contributed by atoms with Crippen LogP contribution in [-0.4, -0.2) is 0 Å². The van der Waals surface area contributed by atoms with Crippen LogP contribution < -0.4 is 5.32 Å². The first kappa shape index (κ1) is 37.2. The van der Waals surface area contributed by atoms with Crippen LogP contribution in [0.5, 0.6) is 0 Å². The maximum absolute atomic E-state index is 6.61. The van der Waals surface area contributed by atoms with Gasteiger partial charge in [-0.05, 0) is 114 Å². The standard InChI is InChI=1S/C64H43NO/c1-40-37-38-46-45-25-11-15-36-57(45)66-62(46)61(40)65-56-35-18-34-55-60(56)49-28-10-14-31-52(49)64(55)51-30-13-9-27-48(51)59-42(20-17-33-54(59)64)39-41-19-16-32-53-58(41)47-26-8-12-29-50(47)63(53,43-21-4-2-5-22-43)44-23-6-3-7-24-44/h2-38,65H,39H2,1H3. The van der Waals surface area contributed by atoms with Crippen molar-refractivity contribution in [2.75, 3.05) is 5.32 Å². The monoisotopic (exact) mass is 841 g/mol. The van der Waals surface area contributed by atoms with Crippen molar-refractivity contribution in [3.8, 4) is 33.4 Å². The molecule has 3 aliphatic carbocycles. The van der Waals surface area contributed by atoms with Gasteiger partial charge in [-0.15, -0.1) is 0 Å². The van der Waals surface area contributed by atoms with Gasteiger partial charge in [0.05, 0.1) is 16.5 Å². The van der Waals surface area contributed by atoms with E-state index >= 15 is 0 Å². The number of anilines is 2. The average Bonchev–Trinajstić information content (AvgIpc) is 4.09. The van der Waals surface area contributed by atoms with E-state index in [0.29, 0.717) is 0 Å². The van der Waals surface area contributed by atoms with Gasteiger partial charge in [-0.3, -0.25) is 0 Å². The van der Waals surface area contributed by atoms with Gasteiger partial charge >= 0.3 is 0 Å². The Morgan fingerprint density at radius 1 is 0.379 bits per heavy atom. The molecule has 0 fully saturated rings. The summed E-state index contributed by atoms with van der Waals surface area (Å²) in [7, 11) is 0. The summed E-state index contributed by atoms with van der Waals surface area (Å²) in [4.78, 5) is 0. The molecule has 0 bridgehead atoms. The fourth-order valence-electron chi connectivity index (χ4n) is 12.7. The van der Waals surface area contributed by atoms with Crippen LogP contribution in [0, 0.1) is 6.92 Å². The number of para-hydroxylation sites is 1. The largest absolute Gasteiger partial charge is 0.454 e. The Labute approximate surface area is 384 Å². The van der Waals surface area contributed by atoms with Gasteiger partial charge in [0.15, 0.2) is 5.58 Å². The predicted octanol–water partition coefficient (Wildman–Crippen LogP) is 15.9. The van der Waals surface area contributed by atoms with E-state index in [2.05, 4.69) is 231 Å². The normalized spacial score (nSPS) is 15.6. The molecule has 1 atom stereocenters. The second-order valence-electron chi connectivity index (χ2n) is 18.3. The molecular weight excluding hydrogens is 799 g/mol. The molecule has 0 aliphatic heterocycles. The van der Waals surface area contributed by atoms with Crippen molar-refractivity contribution < 1.29 is 4.42 Å². The molecule has 1 N–H and O–H groups in total. The van der Waals surface area contributed by atoms with Gasteiger partial charge in [-0.2, -0.15) is 0 Å². The molecule has 1 spiro atoms. The highest BCUT2D eigenvalue weighted by atomic mass is 16.3. The first-order valence-corrected chi connectivity index (χ1v) is 23.1. The SMILES string of the molecule is Cc1ccc2c(oc3ccccc32)c1Nc1cccc2c1-c1ccccc1C21c2ccccc2-c2c(Cc3cccc4c3-c3ccccc3C4(c3ccccc3)c3ccccc3)cccc21. The van der Waals surface area contributed by atoms with Gasteiger partial charge in [-0.25, -0.2) is 0 Å². The second-order valence-corrected chi connectivity index (χ2v) is 18.3. The van der Waals surface area contributed by atoms with E-state index in [-0.39, 0.29) is 0 Å². The minimum Gasteiger partial charge on any atom is -0.454 e.